The number of pyridine rings is 1. The number of hydrogen-bond acceptors (Lipinski definition) is 3. The van der Waals surface area contributed by atoms with Crippen molar-refractivity contribution in [2.24, 2.45) is 0 Å². The minimum atomic E-state index is -4.52. The number of hydrogen-bond donors (Lipinski definition) is 1. The lowest BCUT2D eigenvalue weighted by Crippen LogP contribution is -2.08. The molecule has 100 valence electrons. The normalized spacial score (nSPS) is 11.6. The molecule has 0 saturated carbocycles. The molecular formula is C11H8F3N3O2. The predicted octanol–water partition coefficient (Wildman–Crippen LogP) is 2.29. The largest absolute Gasteiger partial charge is 0.478 e. The van der Waals surface area contributed by atoms with Gasteiger partial charge in [0.15, 0.2) is 0 Å². The van der Waals surface area contributed by atoms with Gasteiger partial charge in [0.05, 0.1) is 17.4 Å². The van der Waals surface area contributed by atoms with E-state index in [1.807, 2.05) is 0 Å². The zero-order valence-corrected chi connectivity index (χ0v) is 9.64. The van der Waals surface area contributed by atoms with Crippen LogP contribution in [0.25, 0.3) is 5.69 Å². The van der Waals surface area contributed by atoms with Gasteiger partial charge < -0.3 is 5.11 Å². The summed E-state index contributed by atoms with van der Waals surface area (Å²) >= 11 is 0. The standard InChI is InChI=1S/C11H8F3N3O2/c1-6-2-9(8(4-15-6)10(18)19)17-5-7(3-16-17)11(12,13)14/h2-5H,1H3,(H,18,19). The third-order valence-corrected chi connectivity index (χ3v) is 2.41. The van der Waals surface area contributed by atoms with E-state index in [2.05, 4.69) is 10.1 Å². The third-order valence-electron chi connectivity index (χ3n) is 2.41. The van der Waals surface area contributed by atoms with Crippen molar-refractivity contribution in [1.82, 2.24) is 14.8 Å². The summed E-state index contributed by atoms with van der Waals surface area (Å²) in [6, 6.07) is 1.36. The highest BCUT2D eigenvalue weighted by molar-refractivity contribution is 5.91. The quantitative estimate of drug-likeness (QED) is 0.909. The molecule has 0 atom stereocenters. The van der Waals surface area contributed by atoms with Crippen LogP contribution in [0.4, 0.5) is 13.2 Å². The number of carbonyl (C=O) groups is 1. The smallest absolute Gasteiger partial charge is 0.419 e. The fraction of sp³-hybridized carbons (Fsp3) is 0.182. The highest BCUT2D eigenvalue weighted by Gasteiger charge is 2.32. The van der Waals surface area contributed by atoms with Crippen LogP contribution >= 0.6 is 0 Å². The molecule has 0 unspecified atom stereocenters. The Morgan fingerprint density at radius 3 is 2.58 bits per heavy atom. The van der Waals surface area contributed by atoms with E-state index in [0.29, 0.717) is 11.9 Å². The van der Waals surface area contributed by atoms with E-state index in [0.717, 1.165) is 17.1 Å². The van der Waals surface area contributed by atoms with Crippen LogP contribution in [0.15, 0.2) is 24.7 Å². The molecule has 0 bridgehead atoms. The molecule has 0 spiro atoms. The average Bonchev–Trinajstić information content (AvgIpc) is 2.77. The summed E-state index contributed by atoms with van der Waals surface area (Å²) in [5, 5.41) is 12.5. The Labute approximate surface area is 105 Å². The van der Waals surface area contributed by atoms with Crippen LogP contribution in [-0.4, -0.2) is 25.8 Å². The van der Waals surface area contributed by atoms with Crippen LogP contribution in [-0.2, 0) is 6.18 Å². The van der Waals surface area contributed by atoms with Crippen molar-refractivity contribution < 1.29 is 23.1 Å². The molecule has 2 aromatic heterocycles. The van der Waals surface area contributed by atoms with Crippen LogP contribution in [0.1, 0.15) is 21.6 Å². The summed E-state index contributed by atoms with van der Waals surface area (Å²) in [5.74, 6) is -1.29. The molecule has 2 aromatic rings. The van der Waals surface area contributed by atoms with Gasteiger partial charge in [-0.2, -0.15) is 18.3 Å². The van der Waals surface area contributed by atoms with Crippen LogP contribution in [0.2, 0.25) is 0 Å². The molecule has 0 amide bonds. The second-order valence-electron chi connectivity index (χ2n) is 3.82. The van der Waals surface area contributed by atoms with E-state index in [-0.39, 0.29) is 11.3 Å². The number of halogens is 3. The second-order valence-corrected chi connectivity index (χ2v) is 3.82. The highest BCUT2D eigenvalue weighted by atomic mass is 19.4. The van der Waals surface area contributed by atoms with E-state index in [1.165, 1.54) is 6.07 Å². The molecule has 5 nitrogen and oxygen atoms in total. The molecular weight excluding hydrogens is 263 g/mol. The first kappa shape index (κ1) is 13.1. The number of carboxylic acids is 1. The molecule has 19 heavy (non-hydrogen) atoms. The summed E-state index contributed by atoms with van der Waals surface area (Å²) in [6.45, 7) is 1.60. The lowest BCUT2D eigenvalue weighted by molar-refractivity contribution is -0.137. The first-order valence-corrected chi connectivity index (χ1v) is 5.11. The third kappa shape index (κ3) is 2.56. The van der Waals surface area contributed by atoms with Crippen molar-refractivity contribution >= 4 is 5.97 Å². The van der Waals surface area contributed by atoms with Crippen LogP contribution in [0.5, 0.6) is 0 Å². The number of aryl methyl sites for hydroxylation is 1. The van der Waals surface area contributed by atoms with E-state index < -0.39 is 17.7 Å². The minimum Gasteiger partial charge on any atom is -0.478 e. The van der Waals surface area contributed by atoms with Crippen LogP contribution in [0.3, 0.4) is 0 Å². The zero-order chi connectivity index (χ0) is 14.2. The monoisotopic (exact) mass is 271 g/mol. The zero-order valence-electron chi connectivity index (χ0n) is 9.64. The van der Waals surface area contributed by atoms with Gasteiger partial charge in [-0.25, -0.2) is 9.48 Å². The van der Waals surface area contributed by atoms with Crippen molar-refractivity contribution in [3.8, 4) is 5.69 Å². The second kappa shape index (κ2) is 4.38. The van der Waals surface area contributed by atoms with E-state index >= 15 is 0 Å². The van der Waals surface area contributed by atoms with Crippen LogP contribution < -0.4 is 0 Å². The van der Waals surface area contributed by atoms with Gasteiger partial charge in [0, 0.05) is 18.1 Å². The topological polar surface area (TPSA) is 68.0 Å². The van der Waals surface area contributed by atoms with Gasteiger partial charge in [-0.05, 0) is 13.0 Å². The maximum absolute atomic E-state index is 12.5. The Kier molecular flexibility index (Phi) is 3.01. The van der Waals surface area contributed by atoms with E-state index in [1.54, 1.807) is 6.92 Å². The van der Waals surface area contributed by atoms with Crippen molar-refractivity contribution in [3.05, 3.63) is 41.5 Å². The Bertz CT molecular complexity index is 634. The molecule has 0 fully saturated rings. The Hall–Kier alpha value is -2.38. The maximum Gasteiger partial charge on any atom is 0.419 e. The van der Waals surface area contributed by atoms with Crippen molar-refractivity contribution in [1.29, 1.82) is 0 Å². The van der Waals surface area contributed by atoms with Gasteiger partial charge in [0.25, 0.3) is 0 Å². The molecule has 0 aromatic carbocycles. The molecule has 1 N–H and O–H groups in total. The lowest BCUT2D eigenvalue weighted by Gasteiger charge is -2.06. The summed E-state index contributed by atoms with van der Waals surface area (Å²) in [5.41, 5.74) is -0.653. The van der Waals surface area contributed by atoms with Gasteiger partial charge in [0.2, 0.25) is 0 Å². The summed E-state index contributed by atoms with van der Waals surface area (Å²) in [7, 11) is 0. The number of aromatic carboxylic acids is 1. The lowest BCUT2D eigenvalue weighted by atomic mass is 10.2. The van der Waals surface area contributed by atoms with Crippen LogP contribution in [0, 0.1) is 6.92 Å². The average molecular weight is 271 g/mol. The first-order valence-electron chi connectivity index (χ1n) is 5.11. The minimum absolute atomic E-state index is 0.0375. The summed E-state index contributed by atoms with van der Waals surface area (Å²) in [4.78, 5) is 14.8. The van der Waals surface area contributed by atoms with Gasteiger partial charge in [-0.15, -0.1) is 0 Å². The molecule has 8 heteroatoms. The summed E-state index contributed by atoms with van der Waals surface area (Å²) < 4.78 is 38.3. The summed E-state index contributed by atoms with van der Waals surface area (Å²) in [6.07, 6.45) is -2.06. The highest BCUT2D eigenvalue weighted by Crippen LogP contribution is 2.29. The maximum atomic E-state index is 12.5. The van der Waals surface area contributed by atoms with Gasteiger partial charge >= 0.3 is 12.1 Å². The number of carboxylic acid groups (broad SMARTS) is 1. The molecule has 0 radical (unpaired) electrons. The van der Waals surface area contributed by atoms with Crippen molar-refractivity contribution in [2.45, 2.75) is 13.1 Å². The number of rotatable bonds is 2. The van der Waals surface area contributed by atoms with E-state index in [9.17, 15) is 18.0 Å². The molecule has 2 heterocycles. The van der Waals surface area contributed by atoms with Gasteiger partial charge in [0.1, 0.15) is 5.56 Å². The predicted molar refractivity (Wildman–Crippen MR) is 58.1 cm³/mol. The number of nitrogens with zero attached hydrogens (tertiary/aromatic N) is 3. The Balaban J connectivity index is 2.55. The van der Waals surface area contributed by atoms with Gasteiger partial charge in [-0.3, -0.25) is 4.98 Å². The molecule has 0 saturated heterocycles. The SMILES string of the molecule is Cc1cc(-n2cc(C(F)(F)F)cn2)c(C(=O)O)cn1. The Morgan fingerprint density at radius 2 is 2.05 bits per heavy atom. The van der Waals surface area contributed by atoms with Gasteiger partial charge in [-0.1, -0.05) is 0 Å². The fourth-order valence-electron chi connectivity index (χ4n) is 1.50. The first-order chi connectivity index (χ1) is 8.79. The molecule has 0 aliphatic rings. The number of alkyl halides is 3. The molecule has 0 aliphatic heterocycles. The Morgan fingerprint density at radius 1 is 1.37 bits per heavy atom. The van der Waals surface area contributed by atoms with E-state index in [4.69, 9.17) is 5.11 Å². The van der Waals surface area contributed by atoms with Crippen molar-refractivity contribution in [2.75, 3.05) is 0 Å². The fourth-order valence-corrected chi connectivity index (χ4v) is 1.50. The van der Waals surface area contributed by atoms with Crippen molar-refractivity contribution in [3.63, 3.8) is 0 Å². The molecule has 2 rings (SSSR count). The number of aromatic nitrogens is 3. The molecule has 0 aliphatic carbocycles.